The van der Waals surface area contributed by atoms with Crippen LogP contribution in [-0.2, 0) is 13.0 Å². The lowest BCUT2D eigenvalue weighted by atomic mass is 10.1. The molecule has 4 rings (SSSR count). The third-order valence-electron chi connectivity index (χ3n) is 4.37. The molecular formula is C21H20FN5. The number of aromatic nitrogens is 4. The molecule has 0 unspecified atom stereocenters. The largest absolute Gasteiger partial charge is 0.348 e. The number of rotatable bonds is 7. The average molecular weight is 361 g/mol. The van der Waals surface area contributed by atoms with Crippen molar-refractivity contribution in [3.05, 3.63) is 90.4 Å². The van der Waals surface area contributed by atoms with Crippen molar-refractivity contribution < 1.29 is 4.39 Å². The number of hydrogen-bond acceptors (Lipinski definition) is 3. The Bertz CT molecular complexity index is 975. The number of halogens is 1. The van der Waals surface area contributed by atoms with Gasteiger partial charge in [0.1, 0.15) is 5.82 Å². The summed E-state index contributed by atoms with van der Waals surface area (Å²) in [7, 11) is 0. The molecule has 0 radical (unpaired) electrons. The molecule has 6 heteroatoms. The van der Waals surface area contributed by atoms with Gasteiger partial charge in [-0.05, 0) is 36.4 Å². The molecule has 0 amide bonds. The Morgan fingerprint density at radius 2 is 1.85 bits per heavy atom. The minimum absolute atomic E-state index is 0.250. The van der Waals surface area contributed by atoms with E-state index in [2.05, 4.69) is 15.3 Å². The van der Waals surface area contributed by atoms with E-state index in [1.54, 1.807) is 18.5 Å². The molecule has 136 valence electrons. The number of hydrogen-bond donors (Lipinski definition) is 2. The first-order valence-corrected chi connectivity index (χ1v) is 8.87. The minimum atomic E-state index is -0.250. The molecule has 5 nitrogen and oxygen atoms in total. The third-order valence-corrected chi connectivity index (χ3v) is 4.37. The van der Waals surface area contributed by atoms with Gasteiger partial charge in [-0.15, -0.1) is 0 Å². The molecule has 0 aliphatic carbocycles. The summed E-state index contributed by atoms with van der Waals surface area (Å²) in [6, 6.07) is 16.4. The van der Waals surface area contributed by atoms with E-state index >= 15 is 0 Å². The molecule has 0 spiro atoms. The zero-order valence-corrected chi connectivity index (χ0v) is 14.8. The highest BCUT2D eigenvalue weighted by molar-refractivity contribution is 5.63. The van der Waals surface area contributed by atoms with E-state index < -0.39 is 0 Å². The van der Waals surface area contributed by atoms with Crippen molar-refractivity contribution in [3.8, 4) is 16.9 Å². The van der Waals surface area contributed by atoms with E-state index in [1.807, 2.05) is 47.4 Å². The summed E-state index contributed by atoms with van der Waals surface area (Å²) in [6.45, 7) is 1.50. The van der Waals surface area contributed by atoms with Crippen molar-refractivity contribution in [2.24, 2.45) is 0 Å². The van der Waals surface area contributed by atoms with E-state index in [0.29, 0.717) is 6.54 Å². The van der Waals surface area contributed by atoms with E-state index in [0.717, 1.165) is 41.2 Å². The summed E-state index contributed by atoms with van der Waals surface area (Å²) in [4.78, 5) is 7.13. The van der Waals surface area contributed by atoms with Crippen molar-refractivity contribution in [2.45, 2.75) is 13.0 Å². The highest BCUT2D eigenvalue weighted by Gasteiger charge is 2.12. The van der Waals surface area contributed by atoms with Crippen molar-refractivity contribution >= 4 is 0 Å². The van der Waals surface area contributed by atoms with E-state index in [4.69, 9.17) is 5.10 Å². The molecule has 0 aliphatic heterocycles. The first-order valence-electron chi connectivity index (χ1n) is 8.87. The molecule has 4 aromatic rings. The van der Waals surface area contributed by atoms with Crippen LogP contribution in [0.25, 0.3) is 16.9 Å². The van der Waals surface area contributed by atoms with Gasteiger partial charge in [0.25, 0.3) is 0 Å². The fourth-order valence-corrected chi connectivity index (χ4v) is 2.97. The van der Waals surface area contributed by atoms with Gasteiger partial charge in [0.15, 0.2) is 0 Å². The first kappa shape index (κ1) is 17.2. The fourth-order valence-electron chi connectivity index (χ4n) is 2.97. The quantitative estimate of drug-likeness (QED) is 0.493. The van der Waals surface area contributed by atoms with Crippen LogP contribution >= 0.6 is 0 Å². The second-order valence-corrected chi connectivity index (χ2v) is 6.29. The molecule has 0 aliphatic rings. The van der Waals surface area contributed by atoms with Gasteiger partial charge in [0.05, 0.1) is 17.7 Å². The lowest BCUT2D eigenvalue weighted by Gasteiger charge is -2.05. The van der Waals surface area contributed by atoms with Gasteiger partial charge in [-0.3, -0.25) is 0 Å². The maximum atomic E-state index is 13.3. The van der Waals surface area contributed by atoms with Crippen LogP contribution in [0.2, 0.25) is 0 Å². The highest BCUT2D eigenvalue weighted by atomic mass is 19.1. The number of H-pyrrole nitrogens is 1. The van der Waals surface area contributed by atoms with Gasteiger partial charge in [0, 0.05) is 48.7 Å². The van der Waals surface area contributed by atoms with Crippen molar-refractivity contribution in [1.29, 1.82) is 0 Å². The van der Waals surface area contributed by atoms with Gasteiger partial charge >= 0.3 is 0 Å². The van der Waals surface area contributed by atoms with Crippen LogP contribution in [0.3, 0.4) is 0 Å². The molecule has 2 aromatic carbocycles. The first-order chi connectivity index (χ1) is 13.3. The summed E-state index contributed by atoms with van der Waals surface area (Å²) < 4.78 is 15.2. The Balaban J connectivity index is 1.56. The van der Waals surface area contributed by atoms with Crippen LogP contribution in [0.15, 0.2) is 73.3 Å². The summed E-state index contributed by atoms with van der Waals surface area (Å²) in [5.41, 5.74) is 4.91. The molecule has 2 N–H and O–H groups in total. The van der Waals surface area contributed by atoms with E-state index in [-0.39, 0.29) is 5.82 Å². The third kappa shape index (κ3) is 4.12. The number of nitrogens with one attached hydrogen (secondary N) is 2. The average Bonchev–Trinajstić information content (AvgIpc) is 3.37. The predicted molar refractivity (Wildman–Crippen MR) is 103 cm³/mol. The zero-order chi connectivity index (χ0) is 18.5. The molecule has 2 aromatic heterocycles. The Labute approximate surface area is 156 Å². The number of nitrogens with zero attached hydrogens (tertiary/aromatic N) is 3. The van der Waals surface area contributed by atoms with E-state index in [1.165, 1.54) is 12.1 Å². The lowest BCUT2D eigenvalue weighted by Crippen LogP contribution is -2.17. The SMILES string of the molecule is Fc1ccc(-c2nn(-c3ccccc3)cc2CNCCc2cnc[nH]2)cc1. The zero-order valence-electron chi connectivity index (χ0n) is 14.8. The van der Waals surface area contributed by atoms with Crippen LogP contribution in [0.5, 0.6) is 0 Å². The smallest absolute Gasteiger partial charge is 0.123 e. The number of imidazole rings is 1. The van der Waals surface area contributed by atoms with Crippen molar-refractivity contribution in [1.82, 2.24) is 25.1 Å². The maximum absolute atomic E-state index is 13.3. The van der Waals surface area contributed by atoms with Crippen molar-refractivity contribution in [2.75, 3.05) is 6.54 Å². The molecule has 0 saturated heterocycles. The summed E-state index contributed by atoms with van der Waals surface area (Å²) in [6.07, 6.45) is 6.42. The van der Waals surface area contributed by atoms with Crippen LogP contribution in [0, 0.1) is 5.82 Å². The van der Waals surface area contributed by atoms with E-state index in [9.17, 15) is 4.39 Å². The number of aromatic amines is 1. The molecule has 2 heterocycles. The van der Waals surface area contributed by atoms with Crippen LogP contribution in [0.1, 0.15) is 11.3 Å². The van der Waals surface area contributed by atoms with Crippen LogP contribution in [-0.4, -0.2) is 26.3 Å². The molecule has 0 bridgehead atoms. The summed E-state index contributed by atoms with van der Waals surface area (Å²) >= 11 is 0. The second-order valence-electron chi connectivity index (χ2n) is 6.29. The molecular weight excluding hydrogens is 341 g/mol. The summed E-state index contributed by atoms with van der Waals surface area (Å²) in [5, 5.41) is 8.20. The van der Waals surface area contributed by atoms with Gasteiger partial charge < -0.3 is 10.3 Å². The molecule has 0 fully saturated rings. The maximum Gasteiger partial charge on any atom is 0.123 e. The Kier molecular flexibility index (Phi) is 5.07. The highest BCUT2D eigenvalue weighted by Crippen LogP contribution is 2.24. The van der Waals surface area contributed by atoms with Crippen molar-refractivity contribution in [3.63, 3.8) is 0 Å². The van der Waals surface area contributed by atoms with Gasteiger partial charge in [-0.2, -0.15) is 5.10 Å². The minimum Gasteiger partial charge on any atom is -0.348 e. The monoisotopic (exact) mass is 361 g/mol. The van der Waals surface area contributed by atoms with Crippen LogP contribution in [0.4, 0.5) is 4.39 Å². The molecule has 0 atom stereocenters. The fraction of sp³-hybridized carbons (Fsp3) is 0.143. The lowest BCUT2D eigenvalue weighted by molar-refractivity contribution is 0.628. The molecule has 0 saturated carbocycles. The predicted octanol–water partition coefficient (Wildman–Crippen LogP) is 3.73. The van der Waals surface area contributed by atoms with Gasteiger partial charge in [-0.1, -0.05) is 18.2 Å². The standard InChI is InChI=1S/C21H20FN5/c22-18-8-6-16(7-9-18)21-17(12-23-11-10-19-13-24-15-25-19)14-27(26-21)20-4-2-1-3-5-20/h1-9,13-15,23H,10-12H2,(H,24,25). The topological polar surface area (TPSA) is 58.5 Å². The Hall–Kier alpha value is -3.25. The molecule has 27 heavy (non-hydrogen) atoms. The van der Waals surface area contributed by atoms with Crippen LogP contribution < -0.4 is 5.32 Å². The van der Waals surface area contributed by atoms with Gasteiger partial charge in [0.2, 0.25) is 0 Å². The Morgan fingerprint density at radius 3 is 2.59 bits per heavy atom. The Morgan fingerprint density at radius 1 is 1.04 bits per heavy atom. The normalized spacial score (nSPS) is 11.0. The number of para-hydroxylation sites is 1. The second kappa shape index (κ2) is 7.97. The number of benzene rings is 2. The summed E-state index contributed by atoms with van der Waals surface area (Å²) in [5.74, 6) is -0.250. The van der Waals surface area contributed by atoms with Gasteiger partial charge in [-0.25, -0.2) is 14.1 Å².